The predicted octanol–water partition coefficient (Wildman–Crippen LogP) is 3.93. The Hall–Kier alpha value is -1.52. The lowest BCUT2D eigenvalue weighted by Gasteiger charge is -2.06. The molecule has 1 heterocycles. The summed E-state index contributed by atoms with van der Waals surface area (Å²) in [6.45, 7) is 0. The van der Waals surface area contributed by atoms with Crippen LogP contribution >= 0.6 is 23.6 Å². The molecule has 2 rings (SSSR count). The van der Waals surface area contributed by atoms with Gasteiger partial charge in [0.25, 0.3) is 0 Å². The molecule has 2 aromatic rings. The van der Waals surface area contributed by atoms with Crippen LogP contribution in [0.3, 0.4) is 0 Å². The van der Waals surface area contributed by atoms with E-state index in [4.69, 9.17) is 17.0 Å². The molecule has 0 N–H and O–H groups in total. The third-order valence-corrected chi connectivity index (χ3v) is 3.66. The topological polar surface area (TPSA) is 26.3 Å². The Bertz CT molecular complexity index is 588. The zero-order valence-corrected chi connectivity index (χ0v) is 10.8. The second-order valence-electron chi connectivity index (χ2n) is 3.35. The van der Waals surface area contributed by atoms with E-state index in [9.17, 15) is 4.79 Å². The summed E-state index contributed by atoms with van der Waals surface area (Å²) in [5, 5.41) is 0. The average molecular weight is 262 g/mol. The van der Waals surface area contributed by atoms with Gasteiger partial charge in [0.15, 0.2) is 0 Å². The number of ether oxygens (including phenoxy) is 1. The summed E-state index contributed by atoms with van der Waals surface area (Å²) >= 11 is 6.56. The molecule has 0 spiro atoms. The summed E-state index contributed by atoms with van der Waals surface area (Å²) in [7, 11) is 1.38. The minimum Gasteiger partial charge on any atom is -0.465 e. The van der Waals surface area contributed by atoms with E-state index in [0.29, 0.717) is 5.56 Å². The summed E-state index contributed by atoms with van der Waals surface area (Å²) in [5.41, 5.74) is 1.53. The van der Waals surface area contributed by atoms with Crippen LogP contribution in [0.4, 0.5) is 0 Å². The molecule has 0 fully saturated rings. The van der Waals surface area contributed by atoms with Crippen molar-refractivity contribution in [1.82, 2.24) is 0 Å². The third-order valence-electron chi connectivity index (χ3n) is 2.27. The molecular weight excluding hydrogens is 252 g/mol. The number of rotatable bonds is 2. The van der Waals surface area contributed by atoms with Crippen LogP contribution in [0.25, 0.3) is 10.4 Å². The number of methoxy groups -OCH3 is 1. The highest BCUT2D eigenvalue weighted by Gasteiger charge is 2.13. The van der Waals surface area contributed by atoms with Crippen molar-refractivity contribution in [1.29, 1.82) is 0 Å². The third kappa shape index (κ3) is 2.60. The first-order chi connectivity index (χ1) is 8.22. The Morgan fingerprint density at radius 1 is 1.18 bits per heavy atom. The molecule has 0 unspecified atom stereocenters. The van der Waals surface area contributed by atoms with E-state index in [2.05, 4.69) is 0 Å². The number of carbonyl (C=O) groups is 1. The van der Waals surface area contributed by atoms with Gasteiger partial charge < -0.3 is 4.74 Å². The number of hydrogen-bond acceptors (Lipinski definition) is 4. The van der Waals surface area contributed by atoms with Crippen LogP contribution in [-0.2, 0) is 4.74 Å². The SMILES string of the molecule is COC(=O)c1ccc(=S)sc1-c1ccccc1. The van der Waals surface area contributed by atoms with Crippen molar-refractivity contribution in [2.75, 3.05) is 7.11 Å². The molecule has 86 valence electrons. The van der Waals surface area contributed by atoms with Gasteiger partial charge in [-0.3, -0.25) is 0 Å². The van der Waals surface area contributed by atoms with Crippen molar-refractivity contribution >= 4 is 29.5 Å². The van der Waals surface area contributed by atoms with Crippen molar-refractivity contribution in [2.24, 2.45) is 0 Å². The monoisotopic (exact) mass is 262 g/mol. The Kier molecular flexibility index (Phi) is 3.66. The summed E-state index contributed by atoms with van der Waals surface area (Å²) in [6, 6.07) is 13.2. The Morgan fingerprint density at radius 2 is 1.88 bits per heavy atom. The van der Waals surface area contributed by atoms with Crippen LogP contribution in [0, 0.1) is 3.82 Å². The Morgan fingerprint density at radius 3 is 2.53 bits per heavy atom. The highest BCUT2D eigenvalue weighted by Crippen LogP contribution is 2.29. The predicted molar refractivity (Wildman–Crippen MR) is 71.9 cm³/mol. The lowest BCUT2D eigenvalue weighted by atomic mass is 10.1. The van der Waals surface area contributed by atoms with Gasteiger partial charge in [0, 0.05) is 0 Å². The van der Waals surface area contributed by atoms with Gasteiger partial charge in [-0.2, -0.15) is 0 Å². The Balaban J connectivity index is 2.63. The molecule has 17 heavy (non-hydrogen) atoms. The molecule has 0 atom stereocenters. The van der Waals surface area contributed by atoms with Crippen LogP contribution in [0.1, 0.15) is 10.4 Å². The summed E-state index contributed by atoms with van der Waals surface area (Å²) in [4.78, 5) is 12.5. The molecule has 0 saturated carbocycles. The largest absolute Gasteiger partial charge is 0.465 e. The van der Waals surface area contributed by atoms with Gasteiger partial charge in [-0.15, -0.1) is 11.3 Å². The van der Waals surface area contributed by atoms with Gasteiger partial charge in [-0.25, -0.2) is 4.79 Å². The van der Waals surface area contributed by atoms with Crippen LogP contribution in [0.2, 0.25) is 0 Å². The number of carbonyl (C=O) groups excluding carboxylic acids is 1. The van der Waals surface area contributed by atoms with E-state index in [1.54, 1.807) is 12.1 Å². The molecule has 0 aliphatic heterocycles. The van der Waals surface area contributed by atoms with Crippen molar-refractivity contribution < 1.29 is 9.53 Å². The lowest BCUT2D eigenvalue weighted by molar-refractivity contribution is 0.0602. The second-order valence-corrected chi connectivity index (χ2v) is 5.11. The van der Waals surface area contributed by atoms with E-state index in [1.165, 1.54) is 18.4 Å². The molecule has 0 bridgehead atoms. The summed E-state index contributed by atoms with van der Waals surface area (Å²) < 4.78 is 5.52. The van der Waals surface area contributed by atoms with Crippen molar-refractivity contribution in [2.45, 2.75) is 0 Å². The van der Waals surface area contributed by atoms with Gasteiger partial charge in [-0.05, 0) is 17.7 Å². The minimum absolute atomic E-state index is 0.338. The van der Waals surface area contributed by atoms with Crippen LogP contribution in [-0.4, -0.2) is 13.1 Å². The van der Waals surface area contributed by atoms with Crippen molar-refractivity contribution in [3.8, 4) is 10.4 Å². The van der Waals surface area contributed by atoms with Crippen molar-refractivity contribution in [3.63, 3.8) is 0 Å². The molecule has 1 aromatic heterocycles. The quantitative estimate of drug-likeness (QED) is 0.606. The normalized spacial score (nSPS) is 9.94. The van der Waals surface area contributed by atoms with Gasteiger partial charge >= 0.3 is 5.97 Å². The zero-order valence-electron chi connectivity index (χ0n) is 9.17. The zero-order chi connectivity index (χ0) is 12.3. The molecule has 0 saturated heterocycles. The standard InChI is InChI=1S/C13H10O2S2/c1-15-13(14)10-7-8-11(16)17-12(10)9-5-3-2-4-6-9/h2-8H,1H3. The molecule has 1 aromatic carbocycles. The van der Waals surface area contributed by atoms with Gasteiger partial charge in [0.1, 0.15) is 0 Å². The fraction of sp³-hybridized carbons (Fsp3) is 0.0769. The fourth-order valence-corrected chi connectivity index (χ4v) is 2.66. The molecule has 0 amide bonds. The first-order valence-corrected chi connectivity index (χ1v) is 6.22. The maximum atomic E-state index is 11.7. The maximum Gasteiger partial charge on any atom is 0.339 e. The molecule has 0 radical (unpaired) electrons. The highest BCUT2D eigenvalue weighted by atomic mass is 32.1. The van der Waals surface area contributed by atoms with E-state index >= 15 is 0 Å². The number of benzene rings is 1. The smallest absolute Gasteiger partial charge is 0.339 e. The van der Waals surface area contributed by atoms with E-state index in [-0.39, 0.29) is 5.97 Å². The van der Waals surface area contributed by atoms with Gasteiger partial charge in [0.2, 0.25) is 0 Å². The van der Waals surface area contributed by atoms with Crippen LogP contribution in [0.5, 0.6) is 0 Å². The van der Waals surface area contributed by atoms with E-state index < -0.39 is 0 Å². The second kappa shape index (κ2) is 5.21. The summed E-state index contributed by atoms with van der Waals surface area (Å²) in [5.74, 6) is -0.338. The number of hydrogen-bond donors (Lipinski definition) is 0. The maximum absolute atomic E-state index is 11.7. The lowest BCUT2D eigenvalue weighted by Crippen LogP contribution is -2.02. The average Bonchev–Trinajstić information content (AvgIpc) is 2.39. The minimum atomic E-state index is -0.338. The van der Waals surface area contributed by atoms with E-state index in [1.807, 2.05) is 30.3 Å². The molecule has 4 heteroatoms. The summed E-state index contributed by atoms with van der Waals surface area (Å²) in [6.07, 6.45) is 0. The van der Waals surface area contributed by atoms with Gasteiger partial charge in [0.05, 0.1) is 21.4 Å². The van der Waals surface area contributed by atoms with Crippen LogP contribution < -0.4 is 0 Å². The first-order valence-electron chi connectivity index (χ1n) is 5.00. The molecule has 0 aliphatic rings. The van der Waals surface area contributed by atoms with E-state index in [0.717, 1.165) is 14.3 Å². The first kappa shape index (κ1) is 12.0. The van der Waals surface area contributed by atoms with Gasteiger partial charge in [-0.1, -0.05) is 42.5 Å². The molecule has 0 aliphatic carbocycles. The molecule has 2 nitrogen and oxygen atoms in total. The number of esters is 1. The fourth-order valence-electron chi connectivity index (χ4n) is 1.49. The molecular formula is C13H10O2S2. The van der Waals surface area contributed by atoms with Crippen molar-refractivity contribution in [3.05, 3.63) is 51.9 Å². The van der Waals surface area contributed by atoms with Crippen LogP contribution in [0.15, 0.2) is 42.5 Å². The highest BCUT2D eigenvalue weighted by molar-refractivity contribution is 7.73. The Labute approximate surface area is 109 Å².